The number of hydrogen-bond acceptors (Lipinski definition) is 5. The van der Waals surface area contributed by atoms with Gasteiger partial charge in [-0.25, -0.2) is 9.97 Å². The zero-order valence-corrected chi connectivity index (χ0v) is 13.4. The number of nitrogens with one attached hydrogen (secondary N) is 2. The number of nitrogens with zero attached hydrogens (tertiary/aromatic N) is 2. The van der Waals surface area contributed by atoms with E-state index in [0.29, 0.717) is 0 Å². The van der Waals surface area contributed by atoms with E-state index in [4.69, 9.17) is 0 Å². The molecule has 2 aromatic heterocycles. The first kappa shape index (κ1) is 14.8. The molecular formula is C15H22N4S. The molecule has 0 aliphatic heterocycles. The lowest BCUT2D eigenvalue weighted by atomic mass is 10.3. The third kappa shape index (κ3) is 3.48. The van der Waals surface area contributed by atoms with Gasteiger partial charge in [0.05, 0.1) is 6.54 Å². The van der Waals surface area contributed by atoms with Crippen molar-refractivity contribution in [3.05, 3.63) is 33.3 Å². The van der Waals surface area contributed by atoms with Crippen LogP contribution in [0.3, 0.4) is 0 Å². The maximum atomic E-state index is 4.50. The van der Waals surface area contributed by atoms with Crippen molar-refractivity contribution in [2.75, 3.05) is 17.2 Å². The maximum Gasteiger partial charge on any atom is 0.135 e. The number of thiophene rings is 1. The van der Waals surface area contributed by atoms with Gasteiger partial charge in [-0.05, 0) is 39.3 Å². The smallest absolute Gasteiger partial charge is 0.135 e. The average Bonchev–Trinajstić information content (AvgIpc) is 2.89. The highest BCUT2D eigenvalue weighted by Crippen LogP contribution is 2.22. The number of aromatic nitrogens is 2. The molecular weight excluding hydrogens is 268 g/mol. The molecule has 0 saturated carbocycles. The third-order valence-corrected chi connectivity index (χ3v) is 4.33. The van der Waals surface area contributed by atoms with Crippen LogP contribution in [0, 0.1) is 13.8 Å². The molecule has 0 spiro atoms. The minimum Gasteiger partial charge on any atom is -0.370 e. The predicted octanol–water partition coefficient (Wildman–Crippen LogP) is 3.76. The van der Waals surface area contributed by atoms with Crippen molar-refractivity contribution in [2.24, 2.45) is 0 Å². The highest BCUT2D eigenvalue weighted by Gasteiger charge is 2.08. The highest BCUT2D eigenvalue weighted by molar-refractivity contribution is 7.12. The largest absolute Gasteiger partial charge is 0.370 e. The van der Waals surface area contributed by atoms with Crippen LogP contribution in [-0.2, 0) is 13.0 Å². The Bertz CT molecular complexity index is 577. The van der Waals surface area contributed by atoms with Crippen LogP contribution in [-0.4, -0.2) is 16.5 Å². The monoisotopic (exact) mass is 290 g/mol. The molecule has 0 atom stereocenters. The van der Waals surface area contributed by atoms with E-state index in [-0.39, 0.29) is 0 Å². The first-order valence-electron chi connectivity index (χ1n) is 7.04. The van der Waals surface area contributed by atoms with E-state index in [9.17, 15) is 0 Å². The van der Waals surface area contributed by atoms with E-state index >= 15 is 0 Å². The molecule has 0 unspecified atom stereocenters. The second-order valence-electron chi connectivity index (χ2n) is 4.70. The molecule has 0 amide bonds. The molecule has 108 valence electrons. The first-order chi connectivity index (χ1) is 9.63. The number of anilines is 2. The SMILES string of the molecule is CCNc1nc(C)nc(NCc2ccc(CC)s2)c1C. The summed E-state index contributed by atoms with van der Waals surface area (Å²) in [6.45, 7) is 9.90. The Morgan fingerprint density at radius 3 is 2.25 bits per heavy atom. The summed E-state index contributed by atoms with van der Waals surface area (Å²) >= 11 is 1.86. The fourth-order valence-electron chi connectivity index (χ4n) is 2.02. The van der Waals surface area contributed by atoms with Crippen LogP contribution in [0.4, 0.5) is 11.6 Å². The Hall–Kier alpha value is -1.62. The molecule has 2 rings (SSSR count). The predicted molar refractivity (Wildman–Crippen MR) is 86.7 cm³/mol. The van der Waals surface area contributed by atoms with Gasteiger partial charge < -0.3 is 10.6 Å². The zero-order chi connectivity index (χ0) is 14.5. The van der Waals surface area contributed by atoms with Crippen LogP contribution in [0.5, 0.6) is 0 Å². The summed E-state index contributed by atoms with van der Waals surface area (Å²) in [7, 11) is 0. The van der Waals surface area contributed by atoms with E-state index in [1.165, 1.54) is 9.75 Å². The molecule has 20 heavy (non-hydrogen) atoms. The first-order valence-corrected chi connectivity index (χ1v) is 7.86. The number of hydrogen-bond donors (Lipinski definition) is 2. The second kappa shape index (κ2) is 6.70. The van der Waals surface area contributed by atoms with E-state index in [1.807, 2.05) is 25.2 Å². The molecule has 2 heterocycles. The lowest BCUT2D eigenvalue weighted by molar-refractivity contribution is 0.997. The molecule has 0 aromatic carbocycles. The summed E-state index contributed by atoms with van der Waals surface area (Å²) in [4.78, 5) is 11.7. The molecule has 0 saturated heterocycles. The number of rotatable bonds is 6. The van der Waals surface area contributed by atoms with Gasteiger partial charge in [0.25, 0.3) is 0 Å². The van der Waals surface area contributed by atoms with Crippen molar-refractivity contribution in [2.45, 2.75) is 40.7 Å². The summed E-state index contributed by atoms with van der Waals surface area (Å²) in [5, 5.41) is 6.71. The van der Waals surface area contributed by atoms with Crippen molar-refractivity contribution in [3.63, 3.8) is 0 Å². The van der Waals surface area contributed by atoms with Gasteiger partial charge in [-0.3, -0.25) is 0 Å². The second-order valence-corrected chi connectivity index (χ2v) is 5.95. The molecule has 2 N–H and O–H groups in total. The summed E-state index contributed by atoms with van der Waals surface area (Å²) in [5.41, 5.74) is 1.07. The van der Waals surface area contributed by atoms with Gasteiger partial charge in [0.15, 0.2) is 0 Å². The highest BCUT2D eigenvalue weighted by atomic mass is 32.1. The normalized spacial score (nSPS) is 10.6. The van der Waals surface area contributed by atoms with E-state index in [0.717, 1.165) is 42.5 Å². The average molecular weight is 290 g/mol. The standard InChI is InChI=1S/C15H22N4S/c1-5-12-7-8-13(20-12)9-17-15-10(3)14(16-6-2)18-11(4)19-15/h7-8H,5-6,9H2,1-4H3,(H2,16,17,18,19). The Balaban J connectivity index is 2.12. The van der Waals surface area contributed by atoms with Crippen molar-refractivity contribution in [1.82, 2.24) is 9.97 Å². The van der Waals surface area contributed by atoms with Crippen molar-refractivity contribution < 1.29 is 0 Å². The van der Waals surface area contributed by atoms with E-state index in [2.05, 4.69) is 46.6 Å². The minimum absolute atomic E-state index is 0.787. The van der Waals surface area contributed by atoms with Gasteiger partial charge in [-0.15, -0.1) is 11.3 Å². The van der Waals surface area contributed by atoms with E-state index in [1.54, 1.807) is 0 Å². The topological polar surface area (TPSA) is 49.8 Å². The Morgan fingerprint density at radius 1 is 1.00 bits per heavy atom. The van der Waals surface area contributed by atoms with Crippen LogP contribution in [0.2, 0.25) is 0 Å². The molecule has 0 bridgehead atoms. The Morgan fingerprint density at radius 2 is 1.65 bits per heavy atom. The van der Waals surface area contributed by atoms with Crippen molar-refractivity contribution in [3.8, 4) is 0 Å². The zero-order valence-electron chi connectivity index (χ0n) is 12.6. The third-order valence-electron chi connectivity index (χ3n) is 3.10. The molecule has 5 heteroatoms. The summed E-state index contributed by atoms with van der Waals surface area (Å²) in [6.07, 6.45) is 1.10. The number of aryl methyl sites for hydroxylation is 2. The van der Waals surface area contributed by atoms with Crippen molar-refractivity contribution in [1.29, 1.82) is 0 Å². The minimum atomic E-state index is 0.787. The Kier molecular flexibility index (Phi) is 4.95. The summed E-state index contributed by atoms with van der Waals surface area (Å²) < 4.78 is 0. The fraction of sp³-hybridized carbons (Fsp3) is 0.467. The van der Waals surface area contributed by atoms with Crippen LogP contribution in [0.25, 0.3) is 0 Å². The lowest BCUT2D eigenvalue weighted by Gasteiger charge is -2.13. The molecule has 2 aromatic rings. The maximum absolute atomic E-state index is 4.50. The van der Waals surface area contributed by atoms with Crippen LogP contribution in [0.15, 0.2) is 12.1 Å². The molecule has 0 radical (unpaired) electrons. The van der Waals surface area contributed by atoms with Gasteiger partial charge in [0.1, 0.15) is 17.5 Å². The Labute approximate surface area is 124 Å². The van der Waals surface area contributed by atoms with Crippen LogP contribution < -0.4 is 10.6 Å². The molecule has 0 aliphatic carbocycles. The quantitative estimate of drug-likeness (QED) is 0.850. The molecule has 4 nitrogen and oxygen atoms in total. The molecule has 0 aliphatic rings. The van der Waals surface area contributed by atoms with Crippen molar-refractivity contribution >= 4 is 23.0 Å². The summed E-state index contributed by atoms with van der Waals surface area (Å²) in [5.74, 6) is 2.62. The van der Waals surface area contributed by atoms with Crippen LogP contribution >= 0.6 is 11.3 Å². The summed E-state index contributed by atoms with van der Waals surface area (Å²) in [6, 6.07) is 4.38. The van der Waals surface area contributed by atoms with Gasteiger partial charge >= 0.3 is 0 Å². The fourth-order valence-corrected chi connectivity index (χ4v) is 2.92. The molecule has 0 fully saturated rings. The van der Waals surface area contributed by atoms with Crippen LogP contribution in [0.1, 0.15) is 35.0 Å². The van der Waals surface area contributed by atoms with Gasteiger partial charge in [0.2, 0.25) is 0 Å². The van der Waals surface area contributed by atoms with Gasteiger partial charge in [0, 0.05) is 21.9 Å². The van der Waals surface area contributed by atoms with Gasteiger partial charge in [-0.2, -0.15) is 0 Å². The van der Waals surface area contributed by atoms with E-state index < -0.39 is 0 Å². The van der Waals surface area contributed by atoms with Gasteiger partial charge in [-0.1, -0.05) is 6.92 Å². The lowest BCUT2D eigenvalue weighted by Crippen LogP contribution is -2.09.